The summed E-state index contributed by atoms with van der Waals surface area (Å²) >= 11 is 0. The summed E-state index contributed by atoms with van der Waals surface area (Å²) in [5, 5.41) is 2.81. The maximum atomic E-state index is 14.1. The molecule has 0 bridgehead atoms. The molecule has 9 heteroatoms. The lowest BCUT2D eigenvalue weighted by molar-refractivity contribution is -0.140. The Morgan fingerprint density at radius 1 is 0.897 bits per heavy atom. The van der Waals surface area contributed by atoms with Crippen molar-refractivity contribution in [1.82, 2.24) is 10.2 Å². The summed E-state index contributed by atoms with van der Waals surface area (Å²) in [5.41, 5.74) is 2.09. The lowest BCUT2D eigenvalue weighted by Crippen LogP contribution is -2.52. The van der Waals surface area contributed by atoms with Crippen LogP contribution in [0.5, 0.6) is 5.75 Å². The van der Waals surface area contributed by atoms with Crippen LogP contribution in [0.3, 0.4) is 0 Å². The van der Waals surface area contributed by atoms with E-state index in [-0.39, 0.29) is 23.0 Å². The van der Waals surface area contributed by atoms with Gasteiger partial charge in [0, 0.05) is 13.1 Å². The first-order chi connectivity index (χ1) is 18.7. The summed E-state index contributed by atoms with van der Waals surface area (Å²) in [6.45, 7) is 7.78. The van der Waals surface area contributed by atoms with E-state index >= 15 is 0 Å². The highest BCUT2D eigenvalue weighted by atomic mass is 32.2. The highest BCUT2D eigenvalue weighted by molar-refractivity contribution is 7.92. The van der Waals surface area contributed by atoms with Gasteiger partial charge in [0.1, 0.15) is 18.3 Å². The molecule has 0 aliphatic heterocycles. The molecule has 3 aromatic rings. The molecule has 0 heterocycles. The molecule has 0 aliphatic carbocycles. The van der Waals surface area contributed by atoms with Crippen molar-refractivity contribution in [3.05, 3.63) is 90.0 Å². The molecular formula is C30H37N3O5S. The monoisotopic (exact) mass is 551 g/mol. The van der Waals surface area contributed by atoms with Crippen molar-refractivity contribution in [3.8, 4) is 5.75 Å². The van der Waals surface area contributed by atoms with E-state index in [1.807, 2.05) is 45.0 Å². The minimum atomic E-state index is -4.16. The summed E-state index contributed by atoms with van der Waals surface area (Å²) < 4.78 is 34.7. The molecular weight excluding hydrogens is 514 g/mol. The van der Waals surface area contributed by atoms with Crippen molar-refractivity contribution in [3.63, 3.8) is 0 Å². The van der Waals surface area contributed by atoms with Gasteiger partial charge in [-0.25, -0.2) is 8.42 Å². The number of likely N-dealkylation sites (N-methyl/N-ethyl adjacent to an activating group) is 1. The van der Waals surface area contributed by atoms with Crippen molar-refractivity contribution in [2.75, 3.05) is 24.0 Å². The summed E-state index contributed by atoms with van der Waals surface area (Å²) in [6, 6.07) is 21.6. The van der Waals surface area contributed by atoms with Gasteiger partial charge >= 0.3 is 0 Å². The number of nitrogens with one attached hydrogen (secondary N) is 1. The van der Waals surface area contributed by atoms with E-state index in [2.05, 4.69) is 5.32 Å². The van der Waals surface area contributed by atoms with E-state index in [9.17, 15) is 18.0 Å². The molecule has 0 aromatic heterocycles. The van der Waals surface area contributed by atoms with E-state index in [0.717, 1.165) is 15.4 Å². The van der Waals surface area contributed by atoms with Crippen LogP contribution < -0.4 is 14.4 Å². The first kappa shape index (κ1) is 29.7. The van der Waals surface area contributed by atoms with E-state index in [1.165, 1.54) is 17.0 Å². The molecule has 0 spiro atoms. The van der Waals surface area contributed by atoms with Crippen molar-refractivity contribution in [1.29, 1.82) is 0 Å². The molecule has 1 atom stereocenters. The van der Waals surface area contributed by atoms with Crippen LogP contribution in [0.25, 0.3) is 0 Å². The molecule has 0 saturated carbocycles. The summed E-state index contributed by atoms with van der Waals surface area (Å²) in [6.07, 6.45) is 0.365. The number of carbonyl (C=O) groups is 2. The third kappa shape index (κ3) is 7.17. The fourth-order valence-electron chi connectivity index (χ4n) is 4.36. The smallest absolute Gasteiger partial charge is 0.264 e. The molecule has 8 nitrogen and oxygen atoms in total. The Morgan fingerprint density at radius 2 is 1.54 bits per heavy atom. The minimum Gasteiger partial charge on any atom is -0.492 e. The van der Waals surface area contributed by atoms with Crippen LogP contribution in [0.15, 0.2) is 83.8 Å². The number of hydrogen-bond acceptors (Lipinski definition) is 5. The summed E-state index contributed by atoms with van der Waals surface area (Å²) in [5.74, 6) is -0.440. The van der Waals surface area contributed by atoms with Gasteiger partial charge in [-0.2, -0.15) is 0 Å². The van der Waals surface area contributed by atoms with Crippen LogP contribution >= 0.6 is 0 Å². The minimum absolute atomic E-state index is 0.0466. The Morgan fingerprint density at radius 3 is 2.18 bits per heavy atom. The van der Waals surface area contributed by atoms with Gasteiger partial charge in [-0.1, -0.05) is 61.5 Å². The van der Waals surface area contributed by atoms with Crippen molar-refractivity contribution in [2.24, 2.45) is 0 Å². The molecule has 0 aliphatic rings. The largest absolute Gasteiger partial charge is 0.492 e. The maximum Gasteiger partial charge on any atom is 0.264 e. The van der Waals surface area contributed by atoms with Crippen LogP contribution in [0.2, 0.25) is 0 Å². The predicted octanol–water partition coefficient (Wildman–Crippen LogP) is 4.53. The van der Waals surface area contributed by atoms with Gasteiger partial charge in [-0.15, -0.1) is 0 Å². The lowest BCUT2D eigenvalue weighted by atomic mass is 10.1. The third-order valence-electron chi connectivity index (χ3n) is 6.38. The molecule has 2 amide bonds. The molecule has 3 aromatic carbocycles. The number of aryl methyl sites for hydroxylation is 1. The van der Waals surface area contributed by atoms with Gasteiger partial charge in [-0.3, -0.25) is 13.9 Å². The van der Waals surface area contributed by atoms with Crippen molar-refractivity contribution in [2.45, 2.75) is 51.6 Å². The highest BCUT2D eigenvalue weighted by Crippen LogP contribution is 2.33. The predicted molar refractivity (Wildman–Crippen MR) is 153 cm³/mol. The Hall–Kier alpha value is -3.85. The molecule has 1 N–H and O–H groups in total. The average Bonchev–Trinajstić information content (AvgIpc) is 2.93. The number of sulfonamides is 1. The molecule has 0 fully saturated rings. The van der Waals surface area contributed by atoms with Gasteiger partial charge < -0.3 is 15.0 Å². The standard InChI is InChI=1S/C30H37N3O5S/c1-5-26(30(35)31-6-2)32(21-24-16-12-11-15-23(24)4)29(34)22-33(27-19-13-14-20-28(27)38-7-3)39(36,37)25-17-9-8-10-18-25/h8-20,26H,5-7,21-22H2,1-4H3,(H,31,35)/t26-/m1/s1. The van der Waals surface area contributed by atoms with Gasteiger partial charge in [0.15, 0.2) is 0 Å². The second-order valence-electron chi connectivity index (χ2n) is 8.99. The first-order valence-corrected chi connectivity index (χ1v) is 14.6. The van der Waals surface area contributed by atoms with E-state index in [0.29, 0.717) is 25.3 Å². The normalized spacial score (nSPS) is 11.9. The Bertz CT molecular complexity index is 1360. The van der Waals surface area contributed by atoms with Gasteiger partial charge in [0.2, 0.25) is 11.8 Å². The van der Waals surface area contributed by atoms with E-state index in [4.69, 9.17) is 4.74 Å². The van der Waals surface area contributed by atoms with Crippen LogP contribution in [0.4, 0.5) is 5.69 Å². The van der Waals surface area contributed by atoms with Crippen LogP contribution in [-0.4, -0.2) is 50.9 Å². The zero-order chi connectivity index (χ0) is 28.4. The second-order valence-corrected chi connectivity index (χ2v) is 10.9. The number of benzene rings is 3. The van der Waals surface area contributed by atoms with E-state index in [1.54, 1.807) is 49.4 Å². The van der Waals surface area contributed by atoms with Crippen LogP contribution in [-0.2, 0) is 26.2 Å². The molecule has 3 rings (SSSR count). The fourth-order valence-corrected chi connectivity index (χ4v) is 5.80. The quantitative estimate of drug-likeness (QED) is 0.337. The summed E-state index contributed by atoms with van der Waals surface area (Å²) in [7, 11) is -4.16. The van der Waals surface area contributed by atoms with Gasteiger partial charge in [-0.05, 0) is 62.6 Å². The number of anilines is 1. The molecule has 0 saturated heterocycles. The number of para-hydroxylation sites is 2. The first-order valence-electron chi connectivity index (χ1n) is 13.2. The average molecular weight is 552 g/mol. The molecule has 208 valence electrons. The maximum absolute atomic E-state index is 14.1. The lowest BCUT2D eigenvalue weighted by Gasteiger charge is -2.33. The zero-order valence-electron chi connectivity index (χ0n) is 23.0. The van der Waals surface area contributed by atoms with Crippen LogP contribution in [0, 0.1) is 6.92 Å². The fraction of sp³-hybridized carbons (Fsp3) is 0.333. The molecule has 39 heavy (non-hydrogen) atoms. The number of ether oxygens (including phenoxy) is 1. The number of amides is 2. The topological polar surface area (TPSA) is 96.0 Å². The second kappa shape index (κ2) is 13.8. The Balaban J connectivity index is 2.11. The number of nitrogens with zero attached hydrogens (tertiary/aromatic N) is 2. The van der Waals surface area contributed by atoms with Gasteiger partial charge in [0.25, 0.3) is 10.0 Å². The zero-order valence-corrected chi connectivity index (χ0v) is 23.8. The molecule has 0 unspecified atom stereocenters. The highest BCUT2D eigenvalue weighted by Gasteiger charge is 2.34. The van der Waals surface area contributed by atoms with Crippen molar-refractivity contribution < 1.29 is 22.7 Å². The van der Waals surface area contributed by atoms with Gasteiger partial charge in [0.05, 0.1) is 17.2 Å². The molecule has 0 radical (unpaired) electrons. The third-order valence-corrected chi connectivity index (χ3v) is 8.16. The van der Waals surface area contributed by atoms with E-state index < -0.39 is 28.5 Å². The number of carbonyl (C=O) groups excluding carboxylic acids is 2. The summed E-state index contributed by atoms with van der Waals surface area (Å²) in [4.78, 5) is 28.7. The number of hydrogen-bond donors (Lipinski definition) is 1. The van der Waals surface area contributed by atoms with Crippen LogP contribution in [0.1, 0.15) is 38.3 Å². The number of rotatable bonds is 13. The van der Waals surface area contributed by atoms with Crippen molar-refractivity contribution >= 4 is 27.5 Å². The Labute approximate surface area is 231 Å². The SMILES string of the molecule is CCNC(=O)[C@@H](CC)N(Cc1ccccc1C)C(=O)CN(c1ccccc1OCC)S(=O)(=O)c1ccccc1. The Kier molecular flexibility index (Phi) is 10.5.